The van der Waals surface area contributed by atoms with Crippen molar-refractivity contribution in [3.63, 3.8) is 0 Å². The van der Waals surface area contributed by atoms with E-state index in [0.717, 1.165) is 22.4 Å². The largest absolute Gasteiger partial charge is 0.497 e. The fraction of sp³-hybridized carbons (Fsp3) is 0.476. The predicted molar refractivity (Wildman–Crippen MR) is 207 cm³/mol. The molecular weight excluding hydrogens is 686 g/mol. The van der Waals surface area contributed by atoms with Crippen LogP contribution in [-0.4, -0.2) is 88.8 Å². The zero-order valence-electron chi connectivity index (χ0n) is 31.7. The third-order valence-electron chi connectivity index (χ3n) is 10.6. The molecule has 1 aliphatic rings. The molecule has 0 aromatic heterocycles. The Morgan fingerprint density at radius 3 is 2.26 bits per heavy atom. The number of carbonyl (C=O) groups excluding carboxylic acids is 3. The topological polar surface area (TPSA) is 183 Å². The minimum atomic E-state index is -1.28. The van der Waals surface area contributed by atoms with Crippen molar-refractivity contribution in [2.24, 2.45) is 11.7 Å². The second-order valence-corrected chi connectivity index (χ2v) is 14.3. The molecule has 1 heterocycles. The molecule has 1 saturated heterocycles. The van der Waals surface area contributed by atoms with Gasteiger partial charge in [0.1, 0.15) is 17.3 Å². The Kier molecular flexibility index (Phi) is 16.0. The number of aliphatic hydroxyl groups is 1. The number of nitrogens with one attached hydrogen (secondary N) is 3. The molecule has 54 heavy (non-hydrogen) atoms. The number of nitrogens with two attached hydrogens (primary N) is 1. The second-order valence-electron chi connectivity index (χ2n) is 14.3. The summed E-state index contributed by atoms with van der Waals surface area (Å²) < 4.78 is 5.34. The van der Waals surface area contributed by atoms with Crippen LogP contribution in [0.2, 0.25) is 0 Å². The number of hydrogen-bond acceptors (Lipinski definition) is 8. The highest BCUT2D eigenvalue weighted by Gasteiger charge is 2.53. The number of ether oxygens (including phenoxy) is 1. The van der Waals surface area contributed by atoms with E-state index >= 15 is 0 Å². The van der Waals surface area contributed by atoms with Gasteiger partial charge in [-0.2, -0.15) is 0 Å². The molecule has 12 heteroatoms. The summed E-state index contributed by atoms with van der Waals surface area (Å²) in [5.74, 6) is -1.76. The van der Waals surface area contributed by atoms with Crippen molar-refractivity contribution >= 4 is 23.7 Å². The molecule has 4 rings (SSSR count). The van der Waals surface area contributed by atoms with E-state index in [1.54, 1.807) is 12.0 Å². The number of carboxylic acids is 1. The Balaban J connectivity index is 1.57. The molecule has 292 valence electrons. The molecule has 7 N–H and O–H groups in total. The van der Waals surface area contributed by atoms with Gasteiger partial charge in [0.15, 0.2) is 0 Å². The van der Waals surface area contributed by atoms with Crippen molar-refractivity contribution in [1.29, 1.82) is 0 Å². The van der Waals surface area contributed by atoms with E-state index in [2.05, 4.69) is 16.0 Å². The molecule has 1 fully saturated rings. The zero-order valence-corrected chi connectivity index (χ0v) is 31.7. The SMILES string of the molecule is CC[C@H](C)C1(NC(=O)[C@@H](N)CCCC(=O)O)CCN([C@@H](CCc2ccccc2)C(=O)N[C@@H](Cc2ccccc2)[C@H](O)CNCc2cccc(OC)c2)C1=O. The maximum Gasteiger partial charge on any atom is 0.303 e. The molecule has 1 unspecified atom stereocenters. The number of aliphatic hydroxyl groups excluding tert-OH is 1. The van der Waals surface area contributed by atoms with Gasteiger partial charge in [-0.3, -0.25) is 19.2 Å². The van der Waals surface area contributed by atoms with Crippen LogP contribution >= 0.6 is 0 Å². The fourth-order valence-electron chi connectivity index (χ4n) is 7.12. The Bertz CT molecular complexity index is 1660. The Morgan fingerprint density at radius 2 is 1.61 bits per heavy atom. The number of carboxylic acid groups (broad SMARTS) is 1. The average molecular weight is 744 g/mol. The van der Waals surface area contributed by atoms with Crippen LogP contribution in [0.15, 0.2) is 84.9 Å². The van der Waals surface area contributed by atoms with Gasteiger partial charge in [-0.25, -0.2) is 0 Å². The lowest BCUT2D eigenvalue weighted by molar-refractivity contribution is -0.144. The number of amides is 3. The van der Waals surface area contributed by atoms with E-state index in [0.29, 0.717) is 32.2 Å². The molecule has 3 aromatic carbocycles. The van der Waals surface area contributed by atoms with E-state index < -0.39 is 41.6 Å². The van der Waals surface area contributed by atoms with Crippen molar-refractivity contribution in [3.05, 3.63) is 102 Å². The number of likely N-dealkylation sites (tertiary alicyclic amines) is 1. The predicted octanol–water partition coefficient (Wildman–Crippen LogP) is 3.59. The van der Waals surface area contributed by atoms with Crippen LogP contribution in [0, 0.1) is 5.92 Å². The molecule has 12 nitrogen and oxygen atoms in total. The summed E-state index contributed by atoms with van der Waals surface area (Å²) in [5, 5.41) is 30.0. The third kappa shape index (κ3) is 11.6. The van der Waals surface area contributed by atoms with E-state index in [1.807, 2.05) is 98.8 Å². The lowest BCUT2D eigenvalue weighted by atomic mass is 9.81. The summed E-state index contributed by atoms with van der Waals surface area (Å²) in [6.45, 7) is 4.76. The lowest BCUT2D eigenvalue weighted by Gasteiger charge is -2.37. The van der Waals surface area contributed by atoms with Gasteiger partial charge in [0.25, 0.3) is 0 Å². The van der Waals surface area contributed by atoms with E-state index in [4.69, 9.17) is 15.6 Å². The molecule has 0 radical (unpaired) electrons. The molecule has 0 aliphatic carbocycles. The van der Waals surface area contributed by atoms with Gasteiger partial charge in [-0.1, -0.05) is 93.1 Å². The first-order valence-corrected chi connectivity index (χ1v) is 19.0. The maximum absolute atomic E-state index is 14.6. The van der Waals surface area contributed by atoms with Crippen molar-refractivity contribution < 1.29 is 34.1 Å². The van der Waals surface area contributed by atoms with Crippen LogP contribution in [0.4, 0.5) is 0 Å². The molecular formula is C42H57N5O7. The third-order valence-corrected chi connectivity index (χ3v) is 10.6. The molecule has 0 spiro atoms. The standard InChI is InChI=1S/C42H57N5O7/c1-4-29(2)42(46-39(51)34(43)19-12-20-38(49)50)23-24-47(41(42)53)36(22-21-30-13-7-5-8-14-30)40(52)45-35(26-31-15-9-6-10-16-31)37(48)28-44-27-32-17-11-18-33(25-32)54-3/h5-11,13-18,25,29,34-37,44,48H,4,12,19-24,26-28,43H2,1-3H3,(H,45,52)(H,46,51)(H,49,50)/t29-,34-,35-,36-,37+,42?/m0/s1. The van der Waals surface area contributed by atoms with Crippen LogP contribution < -0.4 is 26.4 Å². The minimum Gasteiger partial charge on any atom is -0.497 e. The fourth-order valence-corrected chi connectivity index (χ4v) is 7.12. The van der Waals surface area contributed by atoms with E-state index in [-0.39, 0.29) is 56.5 Å². The number of carbonyl (C=O) groups is 4. The van der Waals surface area contributed by atoms with Gasteiger partial charge in [0, 0.05) is 26.1 Å². The first kappa shape index (κ1) is 42.0. The number of nitrogens with zero attached hydrogens (tertiary/aromatic N) is 1. The molecule has 3 aromatic rings. The van der Waals surface area contributed by atoms with Crippen LogP contribution in [-0.2, 0) is 38.6 Å². The number of aryl methyl sites for hydroxylation is 1. The van der Waals surface area contributed by atoms with Gasteiger partial charge >= 0.3 is 5.97 Å². The summed E-state index contributed by atoms with van der Waals surface area (Å²) in [6, 6.07) is 24.5. The quantitative estimate of drug-likeness (QED) is 0.0896. The van der Waals surface area contributed by atoms with Crippen LogP contribution in [0.5, 0.6) is 5.75 Å². The van der Waals surface area contributed by atoms with E-state index in [9.17, 15) is 24.3 Å². The Hall–Kier alpha value is -4.78. The normalized spacial score (nSPS) is 18.3. The summed E-state index contributed by atoms with van der Waals surface area (Å²) in [5.41, 5.74) is 7.83. The summed E-state index contributed by atoms with van der Waals surface area (Å²) in [7, 11) is 1.61. The minimum absolute atomic E-state index is 0.110. The highest BCUT2D eigenvalue weighted by molar-refractivity contribution is 5.97. The second kappa shape index (κ2) is 20.6. The highest BCUT2D eigenvalue weighted by Crippen LogP contribution is 2.35. The number of benzene rings is 3. The van der Waals surface area contributed by atoms with E-state index in [1.165, 1.54) is 0 Å². The van der Waals surface area contributed by atoms with Gasteiger partial charge in [0.05, 0.1) is 25.3 Å². The molecule has 1 aliphatic heterocycles. The number of aliphatic carboxylic acids is 1. The first-order chi connectivity index (χ1) is 26.0. The number of rotatable bonds is 22. The van der Waals surface area contributed by atoms with Gasteiger partial charge in [-0.05, 0) is 73.3 Å². The first-order valence-electron chi connectivity index (χ1n) is 19.0. The number of hydrogen-bond donors (Lipinski definition) is 6. The van der Waals surface area contributed by atoms with Crippen molar-refractivity contribution in [2.75, 3.05) is 20.2 Å². The maximum atomic E-state index is 14.6. The molecule has 3 amide bonds. The van der Waals surface area contributed by atoms with Crippen LogP contribution in [0.3, 0.4) is 0 Å². The Labute approximate surface area is 318 Å². The average Bonchev–Trinajstić information content (AvgIpc) is 3.50. The smallest absolute Gasteiger partial charge is 0.303 e. The van der Waals surface area contributed by atoms with Crippen LogP contribution in [0.1, 0.15) is 69.1 Å². The highest BCUT2D eigenvalue weighted by atomic mass is 16.5. The van der Waals surface area contributed by atoms with Crippen molar-refractivity contribution in [1.82, 2.24) is 20.9 Å². The molecule has 0 bridgehead atoms. The summed E-state index contributed by atoms with van der Waals surface area (Å²) in [6.07, 6.45) is 1.39. The van der Waals surface area contributed by atoms with Gasteiger partial charge in [0.2, 0.25) is 17.7 Å². The van der Waals surface area contributed by atoms with Crippen molar-refractivity contribution in [2.45, 2.75) is 102 Å². The number of methoxy groups -OCH3 is 1. The van der Waals surface area contributed by atoms with Gasteiger partial charge in [-0.15, -0.1) is 0 Å². The van der Waals surface area contributed by atoms with Gasteiger partial charge < -0.3 is 41.5 Å². The molecule has 6 atom stereocenters. The van der Waals surface area contributed by atoms with Crippen LogP contribution in [0.25, 0.3) is 0 Å². The molecule has 0 saturated carbocycles. The summed E-state index contributed by atoms with van der Waals surface area (Å²) in [4.78, 5) is 55.1. The van der Waals surface area contributed by atoms with Crippen molar-refractivity contribution in [3.8, 4) is 5.75 Å². The monoisotopic (exact) mass is 743 g/mol. The summed E-state index contributed by atoms with van der Waals surface area (Å²) >= 11 is 0. The zero-order chi connectivity index (χ0) is 39.1. The lowest BCUT2D eigenvalue weighted by Crippen LogP contribution is -2.63. The Morgan fingerprint density at radius 1 is 0.944 bits per heavy atom.